The Kier molecular flexibility index (Phi) is 5.37. The monoisotopic (exact) mass is 171 g/mol. The van der Waals surface area contributed by atoms with Gasteiger partial charge in [0.05, 0.1) is 6.61 Å². The second kappa shape index (κ2) is 6.44. The Morgan fingerprint density at radius 2 is 2.08 bits per heavy atom. The van der Waals surface area contributed by atoms with Crippen molar-refractivity contribution >= 4 is 0 Å². The minimum atomic E-state index is 0.874. The summed E-state index contributed by atoms with van der Waals surface area (Å²) in [7, 11) is 0. The van der Waals surface area contributed by atoms with Gasteiger partial charge in [-0.15, -0.1) is 0 Å². The van der Waals surface area contributed by atoms with Crippen LogP contribution in [-0.2, 0) is 4.74 Å². The number of rotatable bonds is 8. The second-order valence-electron chi connectivity index (χ2n) is 3.59. The van der Waals surface area contributed by atoms with Crippen LogP contribution in [0.15, 0.2) is 0 Å². The van der Waals surface area contributed by atoms with Crippen LogP contribution in [0.4, 0.5) is 0 Å². The van der Waals surface area contributed by atoms with Crippen molar-refractivity contribution in [2.24, 2.45) is 5.92 Å². The molecular formula is C10H21NO. The van der Waals surface area contributed by atoms with Crippen molar-refractivity contribution in [2.75, 3.05) is 26.3 Å². The molecule has 1 N–H and O–H groups in total. The van der Waals surface area contributed by atoms with Gasteiger partial charge in [-0.3, -0.25) is 0 Å². The van der Waals surface area contributed by atoms with E-state index >= 15 is 0 Å². The van der Waals surface area contributed by atoms with Crippen LogP contribution in [-0.4, -0.2) is 26.3 Å². The van der Waals surface area contributed by atoms with E-state index in [9.17, 15) is 0 Å². The average molecular weight is 171 g/mol. The van der Waals surface area contributed by atoms with E-state index in [1.807, 2.05) is 0 Å². The Bertz CT molecular complexity index is 102. The lowest BCUT2D eigenvalue weighted by molar-refractivity contribution is 0.136. The second-order valence-corrected chi connectivity index (χ2v) is 3.59. The van der Waals surface area contributed by atoms with Gasteiger partial charge in [0.15, 0.2) is 0 Å². The van der Waals surface area contributed by atoms with Gasteiger partial charge in [-0.2, -0.15) is 0 Å². The fourth-order valence-corrected chi connectivity index (χ4v) is 1.23. The summed E-state index contributed by atoms with van der Waals surface area (Å²) in [6.07, 6.45) is 5.43. The molecule has 0 unspecified atom stereocenters. The Labute approximate surface area is 75.7 Å². The number of hydrogen-bond acceptors (Lipinski definition) is 2. The minimum absolute atomic E-state index is 0.874. The standard InChI is InChI=1S/C10H21NO/c1-2-8-12-9-7-11-6-5-10-3-4-10/h10-11H,2-9H2,1H3. The predicted octanol–water partition coefficient (Wildman–Crippen LogP) is 1.80. The molecule has 0 aromatic rings. The van der Waals surface area contributed by atoms with Gasteiger partial charge in [-0.05, 0) is 25.3 Å². The van der Waals surface area contributed by atoms with Gasteiger partial charge >= 0.3 is 0 Å². The van der Waals surface area contributed by atoms with Gasteiger partial charge in [0, 0.05) is 13.2 Å². The Balaban J connectivity index is 1.65. The molecule has 0 aliphatic heterocycles. The third kappa shape index (κ3) is 5.56. The van der Waals surface area contributed by atoms with E-state index in [4.69, 9.17) is 4.74 Å². The molecule has 72 valence electrons. The molecule has 0 spiro atoms. The highest BCUT2D eigenvalue weighted by atomic mass is 16.5. The van der Waals surface area contributed by atoms with Crippen LogP contribution in [0.25, 0.3) is 0 Å². The SMILES string of the molecule is CCCOCCNCCC1CC1. The maximum atomic E-state index is 5.34. The van der Waals surface area contributed by atoms with E-state index in [-0.39, 0.29) is 0 Å². The summed E-state index contributed by atoms with van der Waals surface area (Å²) in [5.41, 5.74) is 0. The summed E-state index contributed by atoms with van der Waals surface area (Å²) in [6.45, 7) is 6.12. The smallest absolute Gasteiger partial charge is 0.0590 e. The zero-order valence-corrected chi connectivity index (χ0v) is 8.14. The fourth-order valence-electron chi connectivity index (χ4n) is 1.23. The fraction of sp³-hybridized carbons (Fsp3) is 1.00. The number of hydrogen-bond donors (Lipinski definition) is 1. The molecule has 2 heteroatoms. The van der Waals surface area contributed by atoms with Gasteiger partial charge in [0.2, 0.25) is 0 Å². The van der Waals surface area contributed by atoms with Crippen molar-refractivity contribution in [3.05, 3.63) is 0 Å². The molecule has 1 rings (SSSR count). The largest absolute Gasteiger partial charge is 0.380 e. The summed E-state index contributed by atoms with van der Waals surface area (Å²) in [5, 5.41) is 3.39. The molecule has 1 aliphatic carbocycles. The molecule has 0 aromatic heterocycles. The normalized spacial score (nSPS) is 16.8. The van der Waals surface area contributed by atoms with Crippen molar-refractivity contribution in [1.29, 1.82) is 0 Å². The molecule has 1 aliphatic rings. The van der Waals surface area contributed by atoms with Crippen molar-refractivity contribution < 1.29 is 4.74 Å². The summed E-state index contributed by atoms with van der Waals surface area (Å²) in [6, 6.07) is 0. The summed E-state index contributed by atoms with van der Waals surface area (Å²) >= 11 is 0. The molecule has 0 amide bonds. The zero-order chi connectivity index (χ0) is 8.65. The highest BCUT2D eigenvalue weighted by Gasteiger charge is 2.19. The first-order chi connectivity index (χ1) is 5.93. The number of nitrogens with one attached hydrogen (secondary N) is 1. The molecule has 0 radical (unpaired) electrons. The van der Waals surface area contributed by atoms with E-state index in [2.05, 4.69) is 12.2 Å². The maximum Gasteiger partial charge on any atom is 0.0590 e. The first-order valence-corrected chi connectivity index (χ1v) is 5.22. The third-order valence-corrected chi connectivity index (χ3v) is 2.20. The van der Waals surface area contributed by atoms with Crippen LogP contribution in [0, 0.1) is 5.92 Å². The average Bonchev–Trinajstić information content (AvgIpc) is 2.87. The molecular weight excluding hydrogens is 150 g/mol. The van der Waals surface area contributed by atoms with E-state index in [0.717, 1.165) is 32.1 Å². The molecule has 1 saturated carbocycles. The molecule has 12 heavy (non-hydrogen) atoms. The van der Waals surface area contributed by atoms with Gasteiger partial charge in [0.1, 0.15) is 0 Å². The quantitative estimate of drug-likeness (QED) is 0.562. The van der Waals surface area contributed by atoms with Crippen molar-refractivity contribution in [2.45, 2.75) is 32.6 Å². The highest BCUT2D eigenvalue weighted by molar-refractivity contribution is 4.73. The topological polar surface area (TPSA) is 21.3 Å². The van der Waals surface area contributed by atoms with Crippen molar-refractivity contribution in [3.63, 3.8) is 0 Å². The Hall–Kier alpha value is -0.0800. The van der Waals surface area contributed by atoms with E-state index in [1.54, 1.807) is 0 Å². The number of ether oxygens (including phenoxy) is 1. The summed E-state index contributed by atoms with van der Waals surface area (Å²) < 4.78 is 5.34. The molecule has 0 heterocycles. The van der Waals surface area contributed by atoms with E-state index in [0.29, 0.717) is 0 Å². The molecule has 0 aromatic carbocycles. The Morgan fingerprint density at radius 3 is 2.75 bits per heavy atom. The lowest BCUT2D eigenvalue weighted by Gasteiger charge is -2.04. The van der Waals surface area contributed by atoms with Crippen LogP contribution in [0.2, 0.25) is 0 Å². The van der Waals surface area contributed by atoms with Crippen LogP contribution < -0.4 is 5.32 Å². The van der Waals surface area contributed by atoms with Crippen molar-refractivity contribution in [3.8, 4) is 0 Å². The first kappa shape index (κ1) is 10.0. The summed E-state index contributed by atoms with van der Waals surface area (Å²) in [5.74, 6) is 1.05. The molecule has 2 nitrogen and oxygen atoms in total. The first-order valence-electron chi connectivity index (χ1n) is 5.22. The molecule has 0 saturated heterocycles. The van der Waals surface area contributed by atoms with Crippen LogP contribution in [0.3, 0.4) is 0 Å². The lowest BCUT2D eigenvalue weighted by Crippen LogP contribution is -2.21. The van der Waals surface area contributed by atoms with Gasteiger partial charge in [0.25, 0.3) is 0 Å². The predicted molar refractivity (Wildman–Crippen MR) is 51.3 cm³/mol. The Morgan fingerprint density at radius 1 is 1.25 bits per heavy atom. The van der Waals surface area contributed by atoms with Crippen molar-refractivity contribution in [1.82, 2.24) is 5.32 Å². The van der Waals surface area contributed by atoms with Crippen LogP contribution >= 0.6 is 0 Å². The molecule has 0 bridgehead atoms. The molecule has 0 atom stereocenters. The van der Waals surface area contributed by atoms with Gasteiger partial charge < -0.3 is 10.1 Å². The van der Waals surface area contributed by atoms with Gasteiger partial charge in [-0.1, -0.05) is 19.8 Å². The molecule has 1 fully saturated rings. The maximum absolute atomic E-state index is 5.34. The minimum Gasteiger partial charge on any atom is -0.380 e. The van der Waals surface area contributed by atoms with Crippen LogP contribution in [0.1, 0.15) is 32.6 Å². The van der Waals surface area contributed by atoms with Gasteiger partial charge in [-0.25, -0.2) is 0 Å². The van der Waals surface area contributed by atoms with Crippen LogP contribution in [0.5, 0.6) is 0 Å². The zero-order valence-electron chi connectivity index (χ0n) is 8.14. The van der Waals surface area contributed by atoms with E-state index in [1.165, 1.54) is 25.8 Å². The third-order valence-electron chi connectivity index (χ3n) is 2.20. The highest BCUT2D eigenvalue weighted by Crippen LogP contribution is 2.31. The van der Waals surface area contributed by atoms with E-state index < -0.39 is 0 Å². The summed E-state index contributed by atoms with van der Waals surface area (Å²) in [4.78, 5) is 0. The lowest BCUT2D eigenvalue weighted by atomic mass is 10.3.